The van der Waals surface area contributed by atoms with E-state index >= 15 is 0 Å². The van der Waals surface area contributed by atoms with Gasteiger partial charge in [0.05, 0.1) is 36.5 Å². The predicted octanol–water partition coefficient (Wildman–Crippen LogP) is 2.70. The molecule has 2 aromatic carbocycles. The molecule has 3 rings (SSSR count). The van der Waals surface area contributed by atoms with E-state index in [1.807, 2.05) is 6.92 Å². The molecule has 0 N–H and O–H groups in total. The maximum Gasteiger partial charge on any atom is 0.323 e. The molecule has 0 saturated carbocycles. The number of sulfone groups is 1. The van der Waals surface area contributed by atoms with Gasteiger partial charge in [0.2, 0.25) is 0 Å². The molecule has 0 bridgehead atoms. The zero-order chi connectivity index (χ0) is 22.8. The molecule has 0 aromatic heterocycles. The highest BCUT2D eigenvalue weighted by atomic mass is 32.2. The van der Waals surface area contributed by atoms with Crippen LogP contribution in [0.3, 0.4) is 0 Å². The van der Waals surface area contributed by atoms with Gasteiger partial charge in [-0.15, -0.1) is 0 Å². The van der Waals surface area contributed by atoms with E-state index in [4.69, 9.17) is 9.47 Å². The molecule has 0 saturated heterocycles. The van der Waals surface area contributed by atoms with Crippen LogP contribution in [0.2, 0.25) is 0 Å². The maximum absolute atomic E-state index is 13.2. The van der Waals surface area contributed by atoms with Gasteiger partial charge < -0.3 is 9.47 Å². The van der Waals surface area contributed by atoms with Crippen molar-refractivity contribution in [1.29, 1.82) is 5.26 Å². The summed E-state index contributed by atoms with van der Waals surface area (Å²) < 4.78 is 36.2. The molecule has 31 heavy (non-hydrogen) atoms. The minimum Gasteiger partial charge on any atom is -0.468 e. The van der Waals surface area contributed by atoms with Crippen LogP contribution >= 0.6 is 0 Å². The van der Waals surface area contributed by atoms with E-state index in [0.717, 1.165) is 5.56 Å². The molecule has 1 aliphatic carbocycles. The van der Waals surface area contributed by atoms with Gasteiger partial charge in [0.25, 0.3) is 0 Å². The first kappa shape index (κ1) is 22.5. The lowest BCUT2D eigenvalue weighted by molar-refractivity contribution is -0.170. The second-order valence-electron chi connectivity index (χ2n) is 7.76. The molecular weight excluding hydrogens is 418 g/mol. The van der Waals surface area contributed by atoms with Crippen molar-refractivity contribution < 1.29 is 27.5 Å². The van der Waals surface area contributed by atoms with Gasteiger partial charge in [-0.25, -0.2) is 8.42 Å². The summed E-state index contributed by atoms with van der Waals surface area (Å²) in [7, 11) is -1.38. The number of carbonyl (C=O) groups excluding carboxylic acids is 2. The Balaban J connectivity index is 2.12. The zero-order valence-corrected chi connectivity index (χ0v) is 18.4. The number of ether oxygens (including phenoxy) is 2. The van der Waals surface area contributed by atoms with Crippen LogP contribution in [0.4, 0.5) is 0 Å². The minimum atomic E-state index is -3.74. The number of nitriles is 1. The van der Waals surface area contributed by atoms with E-state index in [-0.39, 0.29) is 23.5 Å². The fourth-order valence-electron chi connectivity index (χ4n) is 4.17. The lowest BCUT2D eigenvalue weighted by Gasteiger charge is -2.37. The van der Waals surface area contributed by atoms with Gasteiger partial charge in [-0.05, 0) is 55.2 Å². The van der Waals surface area contributed by atoms with Gasteiger partial charge in [-0.2, -0.15) is 5.26 Å². The molecule has 0 amide bonds. The van der Waals surface area contributed by atoms with Crippen LogP contribution in [0.5, 0.6) is 0 Å². The summed E-state index contributed by atoms with van der Waals surface area (Å²) in [5.74, 6) is -2.58. The molecule has 1 unspecified atom stereocenters. The predicted molar refractivity (Wildman–Crippen MR) is 112 cm³/mol. The number of hydrogen-bond acceptors (Lipinski definition) is 7. The van der Waals surface area contributed by atoms with Crippen molar-refractivity contribution in [3.8, 4) is 6.07 Å². The number of methoxy groups -OCH3 is 2. The standard InChI is InChI=1S/C23H23NO6S/c1-15-4-8-19(9-5-15)31(27,28)14-18-12-23(21(25)29-2,22(26)30-3)11-17-7-6-16(13-24)10-20(17)18/h4-10,18H,11-12,14H2,1-3H3. The van der Waals surface area contributed by atoms with Crippen LogP contribution < -0.4 is 0 Å². The average molecular weight is 442 g/mol. The molecule has 2 aromatic rings. The molecule has 0 aliphatic heterocycles. The Morgan fingerprint density at radius 2 is 1.71 bits per heavy atom. The van der Waals surface area contributed by atoms with E-state index < -0.39 is 33.1 Å². The molecule has 7 nitrogen and oxygen atoms in total. The van der Waals surface area contributed by atoms with Crippen molar-refractivity contribution in [2.75, 3.05) is 20.0 Å². The third-order valence-corrected chi connectivity index (χ3v) is 7.59. The molecule has 8 heteroatoms. The Kier molecular flexibility index (Phi) is 6.18. The number of rotatable bonds is 5. The minimum absolute atomic E-state index is 0.00840. The normalized spacial score (nSPS) is 17.2. The van der Waals surface area contributed by atoms with Crippen LogP contribution in [0, 0.1) is 23.7 Å². The Bertz CT molecular complexity index is 1150. The quantitative estimate of drug-likeness (QED) is 0.518. The molecule has 0 spiro atoms. The third kappa shape index (κ3) is 4.19. The highest BCUT2D eigenvalue weighted by Crippen LogP contribution is 2.45. The van der Waals surface area contributed by atoms with Gasteiger partial charge in [-0.3, -0.25) is 9.59 Å². The molecule has 0 fully saturated rings. The van der Waals surface area contributed by atoms with Gasteiger partial charge in [-0.1, -0.05) is 23.8 Å². The van der Waals surface area contributed by atoms with Gasteiger partial charge in [0.1, 0.15) is 0 Å². The van der Waals surface area contributed by atoms with Crippen molar-refractivity contribution >= 4 is 21.8 Å². The summed E-state index contributed by atoms with van der Waals surface area (Å²) >= 11 is 0. The van der Waals surface area contributed by atoms with Crippen LogP contribution in [0.25, 0.3) is 0 Å². The lowest BCUT2D eigenvalue weighted by Crippen LogP contribution is -2.47. The van der Waals surface area contributed by atoms with Crippen molar-refractivity contribution in [3.05, 3.63) is 64.7 Å². The summed E-state index contributed by atoms with van der Waals surface area (Å²) in [4.78, 5) is 25.6. The molecule has 0 radical (unpaired) electrons. The number of hydrogen-bond donors (Lipinski definition) is 0. The van der Waals surface area contributed by atoms with E-state index in [9.17, 15) is 23.3 Å². The monoisotopic (exact) mass is 441 g/mol. The first-order valence-electron chi connectivity index (χ1n) is 9.66. The maximum atomic E-state index is 13.2. The fourth-order valence-corrected chi connectivity index (χ4v) is 5.74. The first-order chi connectivity index (χ1) is 14.7. The van der Waals surface area contributed by atoms with Crippen molar-refractivity contribution in [2.45, 2.75) is 30.6 Å². The third-order valence-electron chi connectivity index (χ3n) is 5.75. The molecule has 1 aliphatic rings. The number of benzene rings is 2. The highest BCUT2D eigenvalue weighted by Gasteiger charge is 2.53. The van der Waals surface area contributed by atoms with E-state index in [2.05, 4.69) is 6.07 Å². The van der Waals surface area contributed by atoms with Crippen LogP contribution in [0.1, 0.15) is 34.6 Å². The SMILES string of the molecule is COC(=O)C1(C(=O)OC)Cc2ccc(C#N)cc2C(CS(=O)(=O)c2ccc(C)cc2)C1. The van der Waals surface area contributed by atoms with E-state index in [1.165, 1.54) is 26.4 Å². The topological polar surface area (TPSA) is 111 Å². The highest BCUT2D eigenvalue weighted by molar-refractivity contribution is 7.91. The number of esters is 2. The second kappa shape index (κ2) is 8.52. The number of fused-ring (bicyclic) bond motifs is 1. The van der Waals surface area contributed by atoms with Crippen molar-refractivity contribution in [3.63, 3.8) is 0 Å². The van der Waals surface area contributed by atoms with Crippen LogP contribution in [-0.4, -0.2) is 40.3 Å². The number of carbonyl (C=O) groups is 2. The largest absolute Gasteiger partial charge is 0.468 e. The number of nitrogens with zero attached hydrogens (tertiary/aromatic N) is 1. The Morgan fingerprint density at radius 3 is 2.26 bits per heavy atom. The summed E-state index contributed by atoms with van der Waals surface area (Å²) in [6.45, 7) is 1.86. The Hall–Kier alpha value is -3.18. The molecule has 1 atom stereocenters. The number of aryl methyl sites for hydroxylation is 1. The van der Waals surface area contributed by atoms with E-state index in [0.29, 0.717) is 16.7 Å². The smallest absolute Gasteiger partial charge is 0.323 e. The zero-order valence-electron chi connectivity index (χ0n) is 17.5. The first-order valence-corrected chi connectivity index (χ1v) is 11.3. The summed E-state index contributed by atoms with van der Waals surface area (Å²) in [5.41, 5.74) is 0.900. The van der Waals surface area contributed by atoms with Crippen LogP contribution in [-0.2, 0) is 35.3 Å². The molecular formula is C23H23NO6S. The van der Waals surface area contributed by atoms with Crippen molar-refractivity contribution in [2.24, 2.45) is 5.41 Å². The summed E-state index contributed by atoms with van der Waals surface area (Å²) in [6, 6.07) is 13.4. The summed E-state index contributed by atoms with van der Waals surface area (Å²) in [6.07, 6.45) is -0.0895. The summed E-state index contributed by atoms with van der Waals surface area (Å²) in [5, 5.41) is 9.30. The molecule has 0 heterocycles. The van der Waals surface area contributed by atoms with Gasteiger partial charge in [0.15, 0.2) is 15.3 Å². The van der Waals surface area contributed by atoms with Gasteiger partial charge >= 0.3 is 11.9 Å². The van der Waals surface area contributed by atoms with Crippen molar-refractivity contribution in [1.82, 2.24) is 0 Å². The average Bonchev–Trinajstić information content (AvgIpc) is 2.77. The van der Waals surface area contributed by atoms with E-state index in [1.54, 1.807) is 30.3 Å². The van der Waals surface area contributed by atoms with Crippen LogP contribution in [0.15, 0.2) is 47.4 Å². The Morgan fingerprint density at radius 1 is 1.10 bits per heavy atom. The second-order valence-corrected chi connectivity index (χ2v) is 9.80. The van der Waals surface area contributed by atoms with Gasteiger partial charge in [0, 0.05) is 5.92 Å². The lowest BCUT2D eigenvalue weighted by atomic mass is 9.67. The molecule has 162 valence electrons. The Labute approximate surface area is 181 Å². The fraction of sp³-hybridized carbons (Fsp3) is 0.348.